The number of carbonyl (C=O) groups is 2. The molecule has 0 fully saturated rings. The van der Waals surface area contributed by atoms with Gasteiger partial charge < -0.3 is 15.0 Å². The fourth-order valence-corrected chi connectivity index (χ4v) is 1.63. The first-order chi connectivity index (χ1) is 8.49. The number of aldehydes is 1. The van der Waals surface area contributed by atoms with E-state index in [0.717, 1.165) is 0 Å². The number of hydrogen-bond acceptors (Lipinski definition) is 5. The molecule has 0 aromatic heterocycles. The Bertz CT molecular complexity index is 484. The van der Waals surface area contributed by atoms with E-state index in [1.165, 1.54) is 18.2 Å². The summed E-state index contributed by atoms with van der Waals surface area (Å²) in [6.45, 7) is 0. The lowest BCUT2D eigenvalue weighted by atomic mass is 9.97. The van der Waals surface area contributed by atoms with Crippen molar-refractivity contribution in [3.05, 3.63) is 39.4 Å². The first-order valence-corrected chi connectivity index (χ1v) is 5.09. The molecule has 0 aliphatic carbocycles. The van der Waals surface area contributed by atoms with Crippen LogP contribution in [0.3, 0.4) is 0 Å². The maximum atomic E-state index is 10.8. The standard InChI is InChI=1S/C11H11NO6/c13-6-2-4-7-8(10(14)11(15)16)3-1-5-9(7)12(17)18/h1,3,5-6,10,14H,2,4H2,(H,15,16). The summed E-state index contributed by atoms with van der Waals surface area (Å²) in [5.74, 6) is -1.50. The second kappa shape index (κ2) is 5.87. The summed E-state index contributed by atoms with van der Waals surface area (Å²) in [7, 11) is 0. The van der Waals surface area contributed by atoms with E-state index in [2.05, 4.69) is 0 Å². The van der Waals surface area contributed by atoms with Crippen molar-refractivity contribution >= 4 is 17.9 Å². The molecule has 2 N–H and O–H groups in total. The van der Waals surface area contributed by atoms with Crippen LogP contribution in [0, 0.1) is 10.1 Å². The van der Waals surface area contributed by atoms with Crippen LogP contribution in [0.1, 0.15) is 23.7 Å². The van der Waals surface area contributed by atoms with E-state index >= 15 is 0 Å². The van der Waals surface area contributed by atoms with Crippen molar-refractivity contribution < 1.29 is 24.7 Å². The SMILES string of the molecule is O=CCCc1c(C(O)C(=O)O)cccc1[N+](=O)[O-]. The van der Waals surface area contributed by atoms with Gasteiger partial charge in [-0.15, -0.1) is 0 Å². The molecule has 0 aliphatic rings. The van der Waals surface area contributed by atoms with Gasteiger partial charge in [-0.2, -0.15) is 0 Å². The topological polar surface area (TPSA) is 118 Å². The first-order valence-electron chi connectivity index (χ1n) is 5.09. The van der Waals surface area contributed by atoms with Gasteiger partial charge in [-0.1, -0.05) is 12.1 Å². The maximum absolute atomic E-state index is 10.8. The number of carboxylic acids is 1. The van der Waals surface area contributed by atoms with E-state index < -0.39 is 17.0 Å². The molecule has 1 atom stereocenters. The van der Waals surface area contributed by atoms with Crippen molar-refractivity contribution in [1.29, 1.82) is 0 Å². The molecule has 0 saturated heterocycles. The van der Waals surface area contributed by atoms with Gasteiger partial charge >= 0.3 is 5.97 Å². The number of nitro groups is 1. The first kappa shape index (κ1) is 13.8. The number of benzene rings is 1. The van der Waals surface area contributed by atoms with Gasteiger partial charge in [0.05, 0.1) is 4.92 Å². The third kappa shape index (κ3) is 2.89. The van der Waals surface area contributed by atoms with E-state index in [-0.39, 0.29) is 29.7 Å². The number of hydrogen-bond donors (Lipinski definition) is 2. The van der Waals surface area contributed by atoms with Crippen LogP contribution >= 0.6 is 0 Å². The molecule has 0 saturated carbocycles. The summed E-state index contributed by atoms with van der Waals surface area (Å²) in [5.41, 5.74) is -0.280. The summed E-state index contributed by atoms with van der Waals surface area (Å²) < 4.78 is 0. The highest BCUT2D eigenvalue weighted by Gasteiger charge is 2.25. The Hall–Kier alpha value is -2.28. The van der Waals surface area contributed by atoms with E-state index in [0.29, 0.717) is 6.29 Å². The predicted octanol–water partition coefficient (Wildman–Crippen LogP) is 0.844. The normalized spacial score (nSPS) is 11.8. The summed E-state index contributed by atoms with van der Waals surface area (Å²) in [5, 5.41) is 29.0. The molecule has 1 rings (SSSR count). The quantitative estimate of drug-likeness (QED) is 0.440. The zero-order valence-electron chi connectivity index (χ0n) is 9.28. The lowest BCUT2D eigenvalue weighted by molar-refractivity contribution is -0.385. The molecule has 7 nitrogen and oxygen atoms in total. The molecule has 1 unspecified atom stereocenters. The third-order valence-electron chi connectivity index (χ3n) is 2.42. The average Bonchev–Trinajstić information content (AvgIpc) is 2.34. The van der Waals surface area contributed by atoms with Gasteiger partial charge in [0.2, 0.25) is 0 Å². The molecular formula is C11H11NO6. The summed E-state index contributed by atoms with van der Waals surface area (Å²) in [6, 6.07) is 3.80. The minimum atomic E-state index is -1.84. The van der Waals surface area contributed by atoms with Gasteiger partial charge in [-0.25, -0.2) is 4.79 Å². The Balaban J connectivity index is 3.31. The molecule has 96 valence electrons. The van der Waals surface area contributed by atoms with Crippen molar-refractivity contribution in [2.45, 2.75) is 18.9 Å². The highest BCUT2D eigenvalue weighted by atomic mass is 16.6. The van der Waals surface area contributed by atoms with Gasteiger partial charge in [0, 0.05) is 23.6 Å². The zero-order chi connectivity index (χ0) is 13.7. The number of carboxylic acid groups (broad SMARTS) is 1. The monoisotopic (exact) mass is 253 g/mol. The Kier molecular flexibility index (Phi) is 4.50. The predicted molar refractivity (Wildman–Crippen MR) is 60.1 cm³/mol. The number of nitrogens with zero attached hydrogens (tertiary/aromatic N) is 1. The van der Waals surface area contributed by atoms with Crippen LogP contribution < -0.4 is 0 Å². The lowest BCUT2D eigenvalue weighted by Crippen LogP contribution is -2.14. The number of nitro benzene ring substituents is 1. The molecule has 18 heavy (non-hydrogen) atoms. The fraction of sp³-hybridized carbons (Fsp3) is 0.273. The number of aliphatic hydroxyl groups is 1. The number of carbonyl (C=O) groups excluding carboxylic acids is 1. The Morgan fingerprint density at radius 3 is 2.67 bits per heavy atom. The fourth-order valence-electron chi connectivity index (χ4n) is 1.63. The molecule has 0 bridgehead atoms. The Morgan fingerprint density at radius 1 is 1.50 bits per heavy atom. The van der Waals surface area contributed by atoms with Crippen LogP contribution in [0.2, 0.25) is 0 Å². The van der Waals surface area contributed by atoms with Gasteiger partial charge in [-0.05, 0) is 6.42 Å². The number of aliphatic carboxylic acids is 1. The van der Waals surface area contributed by atoms with Gasteiger partial charge in [0.1, 0.15) is 6.29 Å². The van der Waals surface area contributed by atoms with E-state index in [1.54, 1.807) is 0 Å². The van der Waals surface area contributed by atoms with Crippen molar-refractivity contribution in [2.75, 3.05) is 0 Å². The van der Waals surface area contributed by atoms with Gasteiger partial charge in [-0.3, -0.25) is 10.1 Å². The maximum Gasteiger partial charge on any atom is 0.337 e. The molecule has 0 amide bonds. The molecule has 0 heterocycles. The van der Waals surface area contributed by atoms with E-state index in [9.17, 15) is 24.8 Å². The highest BCUT2D eigenvalue weighted by Crippen LogP contribution is 2.28. The molecule has 0 spiro atoms. The molecular weight excluding hydrogens is 242 g/mol. The third-order valence-corrected chi connectivity index (χ3v) is 2.42. The van der Waals surface area contributed by atoms with E-state index in [1.807, 2.05) is 0 Å². The smallest absolute Gasteiger partial charge is 0.337 e. The van der Waals surface area contributed by atoms with Gasteiger partial charge in [0.15, 0.2) is 6.10 Å². The summed E-state index contributed by atoms with van der Waals surface area (Å²) in [6.07, 6.45) is -1.23. The molecule has 0 radical (unpaired) electrons. The van der Waals surface area contributed by atoms with Gasteiger partial charge in [0.25, 0.3) is 5.69 Å². The second-order valence-corrected chi connectivity index (χ2v) is 3.55. The van der Waals surface area contributed by atoms with Crippen molar-refractivity contribution in [1.82, 2.24) is 0 Å². The van der Waals surface area contributed by atoms with E-state index in [4.69, 9.17) is 5.11 Å². The second-order valence-electron chi connectivity index (χ2n) is 3.55. The highest BCUT2D eigenvalue weighted by molar-refractivity contribution is 5.75. The van der Waals surface area contributed by atoms with Crippen LogP contribution in [-0.4, -0.2) is 27.4 Å². The zero-order valence-corrected chi connectivity index (χ0v) is 9.28. The van der Waals surface area contributed by atoms with Crippen LogP contribution in [0.25, 0.3) is 0 Å². The van der Waals surface area contributed by atoms with Crippen molar-refractivity contribution in [3.8, 4) is 0 Å². The van der Waals surface area contributed by atoms with Crippen molar-refractivity contribution in [3.63, 3.8) is 0 Å². The minimum Gasteiger partial charge on any atom is -0.479 e. The largest absolute Gasteiger partial charge is 0.479 e. The summed E-state index contributed by atoms with van der Waals surface area (Å²) in [4.78, 5) is 31.2. The Labute approximate surface area is 102 Å². The molecule has 0 aliphatic heterocycles. The van der Waals surface area contributed by atoms with Crippen molar-refractivity contribution in [2.24, 2.45) is 0 Å². The number of rotatable bonds is 6. The van der Waals surface area contributed by atoms with Crippen LogP contribution in [0.4, 0.5) is 5.69 Å². The number of aliphatic hydroxyl groups excluding tert-OH is 1. The van der Waals surface area contributed by atoms with Crippen LogP contribution in [0.5, 0.6) is 0 Å². The minimum absolute atomic E-state index is 0.0142. The van der Waals surface area contributed by atoms with Crippen LogP contribution in [-0.2, 0) is 16.0 Å². The summed E-state index contributed by atoms with van der Waals surface area (Å²) >= 11 is 0. The molecule has 7 heteroatoms. The average molecular weight is 253 g/mol. The molecule has 1 aromatic carbocycles. The Morgan fingerprint density at radius 2 is 2.17 bits per heavy atom. The molecule has 1 aromatic rings. The van der Waals surface area contributed by atoms with Crippen LogP contribution in [0.15, 0.2) is 18.2 Å². The lowest BCUT2D eigenvalue weighted by Gasteiger charge is -2.11.